The van der Waals surface area contributed by atoms with E-state index >= 15 is 0 Å². The SMILES string of the molecule is CCN(C(N)=NC)c1ccc(C2=NNC(=O)CC2C)cc1. The number of guanidine groups is 1. The van der Waals surface area contributed by atoms with Crippen LogP contribution in [-0.4, -0.2) is 31.2 Å². The highest BCUT2D eigenvalue weighted by Crippen LogP contribution is 2.20. The molecule has 0 spiro atoms. The first kappa shape index (κ1) is 15.0. The summed E-state index contributed by atoms with van der Waals surface area (Å²) in [4.78, 5) is 17.2. The van der Waals surface area contributed by atoms with Crippen molar-refractivity contribution in [2.45, 2.75) is 20.3 Å². The lowest BCUT2D eigenvalue weighted by Crippen LogP contribution is -2.37. The van der Waals surface area contributed by atoms with Gasteiger partial charge in [-0.15, -0.1) is 0 Å². The van der Waals surface area contributed by atoms with E-state index in [1.54, 1.807) is 7.05 Å². The van der Waals surface area contributed by atoms with Crippen LogP contribution in [0.4, 0.5) is 5.69 Å². The predicted octanol–water partition coefficient (Wildman–Crippen LogP) is 1.32. The van der Waals surface area contributed by atoms with Crippen LogP contribution < -0.4 is 16.1 Å². The Morgan fingerprint density at radius 2 is 2.14 bits per heavy atom. The van der Waals surface area contributed by atoms with Gasteiger partial charge in [-0.3, -0.25) is 9.79 Å². The molecule has 2 rings (SSSR count). The number of hydrazone groups is 1. The maximum absolute atomic E-state index is 11.3. The minimum Gasteiger partial charge on any atom is -0.370 e. The fraction of sp³-hybridized carbons (Fsp3) is 0.400. The Bertz CT molecular complexity index is 576. The molecular weight excluding hydrogens is 266 g/mol. The summed E-state index contributed by atoms with van der Waals surface area (Å²) in [5.41, 5.74) is 11.3. The number of benzene rings is 1. The van der Waals surface area contributed by atoms with Gasteiger partial charge in [0.15, 0.2) is 5.96 Å². The lowest BCUT2D eigenvalue weighted by atomic mass is 9.94. The summed E-state index contributed by atoms with van der Waals surface area (Å²) in [5, 5.41) is 4.16. The molecule has 1 aromatic rings. The van der Waals surface area contributed by atoms with E-state index < -0.39 is 0 Å². The number of nitrogens with two attached hydrogens (primary N) is 1. The first-order chi connectivity index (χ1) is 10.1. The van der Waals surface area contributed by atoms with E-state index in [9.17, 15) is 4.79 Å². The molecule has 0 saturated carbocycles. The van der Waals surface area contributed by atoms with Crippen molar-refractivity contribution in [1.82, 2.24) is 5.43 Å². The fourth-order valence-corrected chi connectivity index (χ4v) is 2.41. The first-order valence-electron chi connectivity index (χ1n) is 7.03. The fourth-order valence-electron chi connectivity index (χ4n) is 2.41. The summed E-state index contributed by atoms with van der Waals surface area (Å²) in [7, 11) is 1.67. The predicted molar refractivity (Wildman–Crippen MR) is 85.5 cm³/mol. The third kappa shape index (κ3) is 3.21. The van der Waals surface area contributed by atoms with Gasteiger partial charge in [0, 0.05) is 31.6 Å². The molecule has 1 aliphatic heterocycles. The van der Waals surface area contributed by atoms with Crippen LogP contribution in [0, 0.1) is 5.92 Å². The molecule has 112 valence electrons. The zero-order valence-electron chi connectivity index (χ0n) is 12.6. The van der Waals surface area contributed by atoms with Gasteiger partial charge in [0.1, 0.15) is 0 Å². The molecule has 0 aromatic heterocycles. The number of hydrogen-bond acceptors (Lipinski definition) is 3. The summed E-state index contributed by atoms with van der Waals surface area (Å²) >= 11 is 0. The molecule has 1 aromatic carbocycles. The molecule has 1 atom stereocenters. The minimum absolute atomic E-state index is 0.0352. The molecule has 3 N–H and O–H groups in total. The van der Waals surface area contributed by atoms with Crippen LogP contribution in [0.3, 0.4) is 0 Å². The Labute approximate surface area is 124 Å². The first-order valence-corrected chi connectivity index (χ1v) is 7.03. The molecule has 0 aliphatic carbocycles. The second-order valence-electron chi connectivity index (χ2n) is 5.01. The van der Waals surface area contributed by atoms with E-state index in [0.717, 1.165) is 23.5 Å². The van der Waals surface area contributed by atoms with Crippen molar-refractivity contribution in [2.24, 2.45) is 21.7 Å². The Morgan fingerprint density at radius 1 is 1.48 bits per heavy atom. The van der Waals surface area contributed by atoms with Crippen LogP contribution >= 0.6 is 0 Å². The summed E-state index contributed by atoms with van der Waals surface area (Å²) in [5.74, 6) is 0.571. The van der Waals surface area contributed by atoms with Crippen LogP contribution in [0.25, 0.3) is 0 Å². The zero-order valence-corrected chi connectivity index (χ0v) is 12.6. The van der Waals surface area contributed by atoms with Crippen molar-refractivity contribution in [2.75, 3.05) is 18.5 Å². The third-order valence-electron chi connectivity index (χ3n) is 3.56. The zero-order chi connectivity index (χ0) is 15.4. The summed E-state index contributed by atoms with van der Waals surface area (Å²) < 4.78 is 0. The number of carbonyl (C=O) groups is 1. The van der Waals surface area contributed by atoms with Gasteiger partial charge in [-0.25, -0.2) is 5.43 Å². The van der Waals surface area contributed by atoms with Gasteiger partial charge in [0.05, 0.1) is 5.71 Å². The van der Waals surface area contributed by atoms with Gasteiger partial charge in [-0.05, 0) is 24.6 Å². The van der Waals surface area contributed by atoms with Gasteiger partial charge in [0.25, 0.3) is 0 Å². The van der Waals surface area contributed by atoms with E-state index in [4.69, 9.17) is 5.73 Å². The Morgan fingerprint density at radius 3 is 2.67 bits per heavy atom. The maximum Gasteiger partial charge on any atom is 0.240 e. The molecule has 21 heavy (non-hydrogen) atoms. The van der Waals surface area contributed by atoms with Gasteiger partial charge in [-0.1, -0.05) is 19.1 Å². The number of amides is 1. The largest absolute Gasteiger partial charge is 0.370 e. The lowest BCUT2D eigenvalue weighted by molar-refractivity contribution is -0.121. The van der Waals surface area contributed by atoms with Gasteiger partial charge in [0.2, 0.25) is 5.91 Å². The second-order valence-corrected chi connectivity index (χ2v) is 5.01. The Hall–Kier alpha value is -2.37. The normalized spacial score (nSPS) is 19.0. The highest BCUT2D eigenvalue weighted by atomic mass is 16.2. The van der Waals surface area contributed by atoms with Crippen molar-refractivity contribution in [1.29, 1.82) is 0 Å². The quantitative estimate of drug-likeness (QED) is 0.649. The molecule has 1 amide bonds. The van der Waals surface area contributed by atoms with Crippen LogP contribution in [0.1, 0.15) is 25.8 Å². The number of anilines is 1. The molecule has 1 aliphatic rings. The molecule has 6 heteroatoms. The lowest BCUT2D eigenvalue weighted by Gasteiger charge is -2.23. The Kier molecular flexibility index (Phi) is 4.57. The van der Waals surface area contributed by atoms with Crippen LogP contribution in [0.5, 0.6) is 0 Å². The molecule has 0 saturated heterocycles. The summed E-state index contributed by atoms with van der Waals surface area (Å²) in [6.07, 6.45) is 0.469. The number of carbonyl (C=O) groups excluding carboxylic acids is 1. The van der Waals surface area contributed by atoms with Gasteiger partial charge in [-0.2, -0.15) is 5.10 Å². The summed E-state index contributed by atoms with van der Waals surface area (Å²) in [6, 6.07) is 7.96. The second kappa shape index (κ2) is 6.39. The van der Waals surface area contributed by atoms with Crippen molar-refractivity contribution in [3.8, 4) is 0 Å². The molecule has 1 heterocycles. The Balaban J connectivity index is 2.25. The molecule has 6 nitrogen and oxygen atoms in total. The van der Waals surface area contributed by atoms with Crippen molar-refractivity contribution >= 4 is 23.3 Å². The van der Waals surface area contributed by atoms with E-state index in [0.29, 0.717) is 12.4 Å². The topological polar surface area (TPSA) is 83.1 Å². The number of nitrogens with zero attached hydrogens (tertiary/aromatic N) is 3. The molecule has 0 bridgehead atoms. The summed E-state index contributed by atoms with van der Waals surface area (Å²) in [6.45, 7) is 4.77. The van der Waals surface area contributed by atoms with Crippen molar-refractivity contribution in [3.63, 3.8) is 0 Å². The van der Waals surface area contributed by atoms with E-state index in [1.165, 1.54) is 0 Å². The molecule has 1 unspecified atom stereocenters. The maximum atomic E-state index is 11.3. The number of hydrogen-bond donors (Lipinski definition) is 2. The number of aliphatic imine (C=N–C) groups is 1. The van der Waals surface area contributed by atoms with Gasteiger partial charge >= 0.3 is 0 Å². The van der Waals surface area contributed by atoms with Crippen LogP contribution in [0.15, 0.2) is 34.4 Å². The third-order valence-corrected chi connectivity index (χ3v) is 3.56. The van der Waals surface area contributed by atoms with E-state index in [-0.39, 0.29) is 11.8 Å². The molecule has 0 radical (unpaired) electrons. The average molecular weight is 287 g/mol. The highest BCUT2D eigenvalue weighted by Gasteiger charge is 2.21. The van der Waals surface area contributed by atoms with Crippen molar-refractivity contribution in [3.05, 3.63) is 29.8 Å². The van der Waals surface area contributed by atoms with Gasteiger partial charge < -0.3 is 10.6 Å². The minimum atomic E-state index is -0.0352. The van der Waals surface area contributed by atoms with Crippen LogP contribution in [-0.2, 0) is 4.79 Å². The average Bonchev–Trinajstić information content (AvgIpc) is 2.49. The van der Waals surface area contributed by atoms with Crippen molar-refractivity contribution < 1.29 is 4.79 Å². The standard InChI is InChI=1S/C15H21N5O/c1-4-20(15(16)17-3)12-7-5-11(6-8-12)14-10(2)9-13(21)18-19-14/h5-8,10H,4,9H2,1-3H3,(H2,16,17)(H,18,21). The number of rotatable bonds is 3. The number of nitrogens with one attached hydrogen (secondary N) is 1. The molecular formula is C15H21N5O. The van der Waals surface area contributed by atoms with Crippen LogP contribution in [0.2, 0.25) is 0 Å². The monoisotopic (exact) mass is 287 g/mol. The highest BCUT2D eigenvalue weighted by molar-refractivity contribution is 6.06. The molecule has 0 fully saturated rings. The van der Waals surface area contributed by atoms with E-state index in [1.807, 2.05) is 43.0 Å². The van der Waals surface area contributed by atoms with E-state index in [2.05, 4.69) is 15.5 Å². The smallest absolute Gasteiger partial charge is 0.240 e.